The molecule has 0 unspecified atom stereocenters. The van der Waals surface area contributed by atoms with Crippen molar-refractivity contribution in [1.82, 2.24) is 5.01 Å². The molecule has 0 saturated heterocycles. The second-order valence-electron chi connectivity index (χ2n) is 3.84. The van der Waals surface area contributed by atoms with Crippen LogP contribution in [0.3, 0.4) is 0 Å². The van der Waals surface area contributed by atoms with Crippen molar-refractivity contribution >= 4 is 21.8 Å². The largest absolute Gasteiger partial charge is 0.284 e. The number of halogens is 1. The van der Waals surface area contributed by atoms with Gasteiger partial charge in [-0.2, -0.15) is 0 Å². The minimum absolute atomic E-state index is 0.00533. The van der Waals surface area contributed by atoms with E-state index in [1.807, 2.05) is 12.1 Å². The molecule has 88 valence electrons. The van der Waals surface area contributed by atoms with E-state index in [4.69, 9.17) is 5.84 Å². The Morgan fingerprint density at radius 1 is 1.44 bits per heavy atom. The molecule has 0 aromatic heterocycles. The van der Waals surface area contributed by atoms with Gasteiger partial charge in [-0.1, -0.05) is 28.1 Å². The first-order valence-electron chi connectivity index (χ1n) is 5.35. The minimum atomic E-state index is -0.00533. The number of hydrazine groups is 1. The van der Waals surface area contributed by atoms with E-state index in [1.165, 1.54) is 5.56 Å². The van der Waals surface area contributed by atoms with Crippen molar-refractivity contribution in [3.8, 4) is 0 Å². The molecular weight excluding hydrogens is 268 g/mol. The highest BCUT2D eigenvalue weighted by atomic mass is 79.9. The first kappa shape index (κ1) is 13.2. The summed E-state index contributed by atoms with van der Waals surface area (Å²) in [6.07, 6.45) is 3.42. The van der Waals surface area contributed by atoms with Gasteiger partial charge in [0.25, 0.3) is 0 Å². The van der Waals surface area contributed by atoms with E-state index < -0.39 is 0 Å². The number of benzene rings is 1. The molecule has 1 aromatic rings. The SMILES string of the molecule is CN(N)C(=O)CCCCc1cccc(Br)c1. The number of nitrogens with two attached hydrogens (primary N) is 1. The second-order valence-corrected chi connectivity index (χ2v) is 4.76. The molecule has 0 spiro atoms. The number of rotatable bonds is 5. The quantitative estimate of drug-likeness (QED) is 0.391. The Morgan fingerprint density at radius 3 is 2.81 bits per heavy atom. The second kappa shape index (κ2) is 6.66. The molecule has 0 atom stereocenters. The fourth-order valence-corrected chi connectivity index (χ4v) is 1.92. The average Bonchev–Trinajstić information content (AvgIpc) is 2.24. The molecule has 4 heteroatoms. The molecule has 0 aliphatic carbocycles. The molecule has 1 rings (SSSR count). The van der Waals surface area contributed by atoms with Crippen LogP contribution in [0.5, 0.6) is 0 Å². The fourth-order valence-electron chi connectivity index (χ4n) is 1.47. The van der Waals surface area contributed by atoms with Crippen LogP contribution in [0, 0.1) is 0 Å². The number of aryl methyl sites for hydroxylation is 1. The predicted molar refractivity (Wildman–Crippen MR) is 68.7 cm³/mol. The maximum atomic E-state index is 11.2. The molecule has 0 saturated carbocycles. The van der Waals surface area contributed by atoms with Crippen LogP contribution < -0.4 is 5.84 Å². The molecule has 0 aliphatic rings. The van der Waals surface area contributed by atoms with Gasteiger partial charge in [0.1, 0.15) is 0 Å². The number of unbranched alkanes of at least 4 members (excludes halogenated alkanes) is 1. The van der Waals surface area contributed by atoms with E-state index in [0.717, 1.165) is 28.7 Å². The molecule has 1 amide bonds. The monoisotopic (exact) mass is 284 g/mol. The first-order chi connectivity index (χ1) is 7.59. The lowest BCUT2D eigenvalue weighted by atomic mass is 10.1. The van der Waals surface area contributed by atoms with Crippen LogP contribution in [-0.2, 0) is 11.2 Å². The third-order valence-electron chi connectivity index (χ3n) is 2.39. The zero-order valence-electron chi connectivity index (χ0n) is 9.45. The van der Waals surface area contributed by atoms with E-state index in [0.29, 0.717) is 6.42 Å². The summed E-state index contributed by atoms with van der Waals surface area (Å²) in [5.41, 5.74) is 1.29. The Hall–Kier alpha value is -0.870. The Labute approximate surface area is 105 Å². The van der Waals surface area contributed by atoms with Gasteiger partial charge in [0.2, 0.25) is 5.91 Å². The topological polar surface area (TPSA) is 46.3 Å². The summed E-state index contributed by atoms with van der Waals surface area (Å²) >= 11 is 3.44. The molecule has 2 N–H and O–H groups in total. The summed E-state index contributed by atoms with van der Waals surface area (Å²) in [5.74, 6) is 5.32. The molecule has 16 heavy (non-hydrogen) atoms. The summed E-state index contributed by atoms with van der Waals surface area (Å²) in [6.45, 7) is 0. The van der Waals surface area contributed by atoms with E-state index in [9.17, 15) is 4.79 Å². The van der Waals surface area contributed by atoms with Crippen LogP contribution >= 0.6 is 15.9 Å². The molecule has 0 aliphatic heterocycles. The Balaban J connectivity index is 2.23. The summed E-state index contributed by atoms with van der Waals surface area (Å²) in [7, 11) is 1.58. The van der Waals surface area contributed by atoms with Gasteiger partial charge in [-0.05, 0) is 37.0 Å². The van der Waals surface area contributed by atoms with Gasteiger partial charge in [0.05, 0.1) is 0 Å². The van der Waals surface area contributed by atoms with Crippen LogP contribution in [-0.4, -0.2) is 18.0 Å². The number of carbonyl (C=O) groups excluding carboxylic acids is 1. The van der Waals surface area contributed by atoms with Gasteiger partial charge in [0.15, 0.2) is 0 Å². The lowest BCUT2D eigenvalue weighted by Crippen LogP contribution is -2.32. The van der Waals surface area contributed by atoms with Gasteiger partial charge >= 0.3 is 0 Å². The minimum Gasteiger partial charge on any atom is -0.284 e. The van der Waals surface area contributed by atoms with E-state index in [2.05, 4.69) is 28.1 Å². The van der Waals surface area contributed by atoms with Crippen molar-refractivity contribution in [2.24, 2.45) is 5.84 Å². The van der Waals surface area contributed by atoms with Crippen molar-refractivity contribution < 1.29 is 4.79 Å². The maximum absolute atomic E-state index is 11.2. The zero-order valence-corrected chi connectivity index (χ0v) is 11.0. The number of amides is 1. The van der Waals surface area contributed by atoms with Crippen molar-refractivity contribution in [2.45, 2.75) is 25.7 Å². The Bertz CT molecular complexity index is 353. The molecular formula is C12H17BrN2O. The maximum Gasteiger partial charge on any atom is 0.236 e. The zero-order chi connectivity index (χ0) is 12.0. The number of carbonyl (C=O) groups is 1. The van der Waals surface area contributed by atoms with E-state index >= 15 is 0 Å². The van der Waals surface area contributed by atoms with Crippen LogP contribution in [0.1, 0.15) is 24.8 Å². The van der Waals surface area contributed by atoms with Crippen LogP contribution in [0.2, 0.25) is 0 Å². The highest BCUT2D eigenvalue weighted by Crippen LogP contribution is 2.14. The van der Waals surface area contributed by atoms with Crippen molar-refractivity contribution in [2.75, 3.05) is 7.05 Å². The van der Waals surface area contributed by atoms with Crippen LogP contribution in [0.25, 0.3) is 0 Å². The summed E-state index contributed by atoms with van der Waals surface area (Å²) in [6, 6.07) is 8.24. The summed E-state index contributed by atoms with van der Waals surface area (Å²) in [5, 5.41) is 1.15. The van der Waals surface area contributed by atoms with Gasteiger partial charge in [-0.3, -0.25) is 9.80 Å². The highest BCUT2D eigenvalue weighted by molar-refractivity contribution is 9.10. The summed E-state index contributed by atoms with van der Waals surface area (Å²) in [4.78, 5) is 11.2. The van der Waals surface area contributed by atoms with E-state index in [-0.39, 0.29) is 5.91 Å². The lowest BCUT2D eigenvalue weighted by Gasteiger charge is -2.09. The molecule has 0 heterocycles. The Morgan fingerprint density at radius 2 is 2.19 bits per heavy atom. The van der Waals surface area contributed by atoms with Gasteiger partial charge in [-0.25, -0.2) is 5.84 Å². The molecule has 1 aromatic carbocycles. The number of hydrogen-bond donors (Lipinski definition) is 1. The number of nitrogens with zero attached hydrogens (tertiary/aromatic N) is 1. The van der Waals surface area contributed by atoms with Crippen molar-refractivity contribution in [1.29, 1.82) is 0 Å². The number of hydrogen-bond acceptors (Lipinski definition) is 2. The van der Waals surface area contributed by atoms with Gasteiger partial charge in [0, 0.05) is 17.9 Å². The lowest BCUT2D eigenvalue weighted by molar-refractivity contribution is -0.130. The fraction of sp³-hybridized carbons (Fsp3) is 0.417. The van der Waals surface area contributed by atoms with Crippen LogP contribution in [0.4, 0.5) is 0 Å². The van der Waals surface area contributed by atoms with Crippen molar-refractivity contribution in [3.05, 3.63) is 34.3 Å². The predicted octanol–water partition coefficient (Wildman–Crippen LogP) is 2.49. The average molecular weight is 285 g/mol. The van der Waals surface area contributed by atoms with E-state index in [1.54, 1.807) is 7.05 Å². The standard InChI is InChI=1S/C12H17BrN2O/c1-15(14)12(16)8-3-2-5-10-6-4-7-11(13)9-10/h4,6-7,9H,2-3,5,8,14H2,1H3. The van der Waals surface area contributed by atoms with Gasteiger partial charge < -0.3 is 0 Å². The molecule has 0 fully saturated rings. The molecule has 0 radical (unpaired) electrons. The summed E-state index contributed by atoms with van der Waals surface area (Å²) < 4.78 is 1.10. The smallest absolute Gasteiger partial charge is 0.236 e. The van der Waals surface area contributed by atoms with Gasteiger partial charge in [-0.15, -0.1) is 0 Å². The third kappa shape index (κ3) is 4.77. The molecule has 3 nitrogen and oxygen atoms in total. The normalized spacial score (nSPS) is 10.2. The first-order valence-corrected chi connectivity index (χ1v) is 6.14. The highest BCUT2D eigenvalue weighted by Gasteiger charge is 2.03. The van der Waals surface area contributed by atoms with Crippen molar-refractivity contribution in [3.63, 3.8) is 0 Å². The van der Waals surface area contributed by atoms with Crippen LogP contribution in [0.15, 0.2) is 28.7 Å². The third-order valence-corrected chi connectivity index (χ3v) is 2.88. The molecule has 0 bridgehead atoms. The Kier molecular flexibility index (Phi) is 5.49.